The van der Waals surface area contributed by atoms with Gasteiger partial charge in [-0.3, -0.25) is 14.9 Å². The van der Waals surface area contributed by atoms with Crippen LogP contribution >= 0.6 is 0 Å². The lowest BCUT2D eigenvalue weighted by molar-refractivity contribution is -0.384. The SMILES string of the molecule is O=C(C=Cc1nc2ccccc2o1)Nc1cccc([N+](=O)[O-])c1. The molecule has 3 aromatic rings. The third-order valence-electron chi connectivity index (χ3n) is 3.01. The quantitative estimate of drug-likeness (QED) is 0.452. The number of hydrogen-bond acceptors (Lipinski definition) is 5. The van der Waals surface area contributed by atoms with Crippen LogP contribution in [0.4, 0.5) is 11.4 Å². The molecule has 0 saturated carbocycles. The van der Waals surface area contributed by atoms with Crippen molar-refractivity contribution in [3.8, 4) is 0 Å². The van der Waals surface area contributed by atoms with E-state index in [1.165, 1.54) is 30.4 Å². The number of hydrogen-bond donors (Lipinski definition) is 1. The van der Waals surface area contributed by atoms with Crippen LogP contribution in [0.3, 0.4) is 0 Å². The van der Waals surface area contributed by atoms with Gasteiger partial charge >= 0.3 is 0 Å². The van der Waals surface area contributed by atoms with Crippen molar-refractivity contribution in [1.29, 1.82) is 0 Å². The van der Waals surface area contributed by atoms with Crippen LogP contribution < -0.4 is 5.32 Å². The highest BCUT2D eigenvalue weighted by molar-refractivity contribution is 6.01. The molecule has 0 aliphatic carbocycles. The van der Waals surface area contributed by atoms with E-state index in [4.69, 9.17) is 4.42 Å². The molecule has 0 aliphatic rings. The number of rotatable bonds is 4. The van der Waals surface area contributed by atoms with E-state index in [1.807, 2.05) is 12.1 Å². The summed E-state index contributed by atoms with van der Waals surface area (Å²) in [5, 5.41) is 13.2. The van der Waals surface area contributed by atoms with E-state index in [0.29, 0.717) is 22.7 Å². The highest BCUT2D eigenvalue weighted by Crippen LogP contribution is 2.18. The number of benzene rings is 2. The molecule has 1 N–H and O–H groups in total. The molecule has 0 saturated heterocycles. The van der Waals surface area contributed by atoms with E-state index < -0.39 is 10.8 Å². The average Bonchev–Trinajstić information content (AvgIpc) is 2.96. The molecule has 0 radical (unpaired) electrons. The van der Waals surface area contributed by atoms with Gasteiger partial charge in [0.25, 0.3) is 5.69 Å². The molecule has 7 heteroatoms. The maximum atomic E-state index is 11.8. The number of anilines is 1. The predicted octanol–water partition coefficient (Wildman–Crippen LogP) is 3.39. The Morgan fingerprint density at radius 3 is 2.83 bits per heavy atom. The second kappa shape index (κ2) is 6.10. The van der Waals surface area contributed by atoms with Crippen molar-refractivity contribution >= 4 is 34.5 Å². The molecule has 114 valence electrons. The molecule has 1 amide bonds. The summed E-state index contributed by atoms with van der Waals surface area (Å²) in [4.78, 5) is 26.2. The summed E-state index contributed by atoms with van der Waals surface area (Å²) in [6.07, 6.45) is 2.69. The smallest absolute Gasteiger partial charge is 0.271 e. The van der Waals surface area contributed by atoms with Gasteiger partial charge in [0, 0.05) is 30.0 Å². The van der Waals surface area contributed by atoms with Gasteiger partial charge in [-0.1, -0.05) is 18.2 Å². The van der Waals surface area contributed by atoms with Gasteiger partial charge in [-0.05, 0) is 18.2 Å². The highest BCUT2D eigenvalue weighted by Gasteiger charge is 2.07. The monoisotopic (exact) mass is 309 g/mol. The number of nitrogens with zero attached hydrogens (tertiary/aromatic N) is 2. The molecule has 0 aliphatic heterocycles. The fourth-order valence-corrected chi connectivity index (χ4v) is 1.99. The van der Waals surface area contributed by atoms with Gasteiger partial charge < -0.3 is 9.73 Å². The number of non-ortho nitro benzene ring substituents is 1. The first-order valence-corrected chi connectivity index (χ1v) is 6.71. The van der Waals surface area contributed by atoms with Crippen LogP contribution in [0.25, 0.3) is 17.2 Å². The number of para-hydroxylation sites is 2. The number of aromatic nitrogens is 1. The molecular formula is C16H11N3O4. The second-order valence-electron chi connectivity index (χ2n) is 4.65. The number of nitrogens with one attached hydrogen (secondary N) is 1. The molecule has 23 heavy (non-hydrogen) atoms. The first-order valence-electron chi connectivity index (χ1n) is 6.71. The molecule has 0 bridgehead atoms. The second-order valence-corrected chi connectivity index (χ2v) is 4.65. The van der Waals surface area contributed by atoms with Crippen molar-refractivity contribution in [1.82, 2.24) is 4.98 Å². The summed E-state index contributed by atoms with van der Waals surface area (Å²) in [5.41, 5.74) is 1.58. The minimum Gasteiger partial charge on any atom is -0.437 e. The van der Waals surface area contributed by atoms with Crippen molar-refractivity contribution < 1.29 is 14.1 Å². The topological polar surface area (TPSA) is 98.3 Å². The Morgan fingerprint density at radius 1 is 1.22 bits per heavy atom. The zero-order chi connectivity index (χ0) is 16.2. The van der Waals surface area contributed by atoms with Crippen LogP contribution in [0.15, 0.2) is 59.0 Å². The number of nitro benzene ring substituents is 1. The van der Waals surface area contributed by atoms with Gasteiger partial charge in [0.2, 0.25) is 11.8 Å². The van der Waals surface area contributed by atoms with Crippen LogP contribution in [0.1, 0.15) is 5.89 Å². The fourth-order valence-electron chi connectivity index (χ4n) is 1.99. The Morgan fingerprint density at radius 2 is 2.04 bits per heavy atom. The summed E-state index contributed by atoms with van der Waals surface area (Å²) in [5.74, 6) is -0.131. The number of fused-ring (bicyclic) bond motifs is 1. The van der Waals surface area contributed by atoms with E-state index in [9.17, 15) is 14.9 Å². The maximum Gasteiger partial charge on any atom is 0.271 e. The third kappa shape index (κ3) is 3.41. The van der Waals surface area contributed by atoms with Gasteiger partial charge in [0.15, 0.2) is 5.58 Å². The van der Waals surface area contributed by atoms with Crippen LogP contribution in [0, 0.1) is 10.1 Å². The number of carbonyl (C=O) groups excluding carboxylic acids is 1. The number of oxazole rings is 1. The number of nitro groups is 1. The van der Waals surface area contributed by atoms with Crippen LogP contribution in [0.5, 0.6) is 0 Å². The highest BCUT2D eigenvalue weighted by atomic mass is 16.6. The van der Waals surface area contributed by atoms with Crippen LogP contribution in [0.2, 0.25) is 0 Å². The Balaban J connectivity index is 1.71. The molecule has 0 unspecified atom stereocenters. The molecule has 0 fully saturated rings. The van der Waals surface area contributed by atoms with E-state index in [1.54, 1.807) is 18.2 Å². The van der Waals surface area contributed by atoms with Crippen molar-refractivity contribution in [2.45, 2.75) is 0 Å². The standard InChI is InChI=1S/C16H11N3O4/c20-15(17-11-4-3-5-12(10-11)19(21)22)8-9-16-18-13-6-1-2-7-14(13)23-16/h1-10H,(H,17,20). The Bertz CT molecular complexity index is 881. The van der Waals surface area contributed by atoms with Crippen molar-refractivity contribution in [2.75, 3.05) is 5.32 Å². The normalized spacial score (nSPS) is 11.0. The van der Waals surface area contributed by atoms with E-state index in [2.05, 4.69) is 10.3 Å². The zero-order valence-corrected chi connectivity index (χ0v) is 11.8. The largest absolute Gasteiger partial charge is 0.437 e. The minimum absolute atomic E-state index is 0.0919. The van der Waals surface area contributed by atoms with Crippen molar-refractivity contribution in [3.05, 3.63) is 70.6 Å². The summed E-state index contributed by atoms with van der Waals surface area (Å²) >= 11 is 0. The Kier molecular flexibility index (Phi) is 3.84. The van der Waals surface area contributed by atoms with E-state index in [0.717, 1.165) is 0 Å². The van der Waals surface area contributed by atoms with Crippen molar-refractivity contribution in [2.24, 2.45) is 0 Å². The lowest BCUT2D eigenvalue weighted by atomic mass is 10.3. The first kappa shape index (κ1) is 14.5. The summed E-state index contributed by atoms with van der Waals surface area (Å²) in [7, 11) is 0. The van der Waals surface area contributed by atoms with E-state index in [-0.39, 0.29) is 5.69 Å². The van der Waals surface area contributed by atoms with Gasteiger partial charge in [-0.25, -0.2) is 4.98 Å². The van der Waals surface area contributed by atoms with Crippen molar-refractivity contribution in [3.63, 3.8) is 0 Å². The third-order valence-corrected chi connectivity index (χ3v) is 3.01. The Labute approximate surface area is 130 Å². The summed E-state index contributed by atoms with van der Waals surface area (Å²) in [6, 6.07) is 13.0. The summed E-state index contributed by atoms with van der Waals surface area (Å²) in [6.45, 7) is 0. The van der Waals surface area contributed by atoms with Gasteiger partial charge in [0.1, 0.15) is 5.52 Å². The van der Waals surface area contributed by atoms with Gasteiger partial charge in [-0.15, -0.1) is 0 Å². The maximum absolute atomic E-state index is 11.8. The average molecular weight is 309 g/mol. The number of carbonyl (C=O) groups is 1. The zero-order valence-electron chi connectivity index (χ0n) is 11.8. The van der Waals surface area contributed by atoms with Crippen LogP contribution in [-0.4, -0.2) is 15.8 Å². The van der Waals surface area contributed by atoms with Gasteiger partial charge in [0.05, 0.1) is 4.92 Å². The molecule has 3 rings (SSSR count). The molecule has 2 aromatic carbocycles. The minimum atomic E-state index is -0.524. The molecular weight excluding hydrogens is 298 g/mol. The number of amides is 1. The first-order chi connectivity index (χ1) is 11.1. The predicted molar refractivity (Wildman–Crippen MR) is 84.8 cm³/mol. The molecule has 1 heterocycles. The van der Waals surface area contributed by atoms with Gasteiger partial charge in [-0.2, -0.15) is 0 Å². The molecule has 1 aromatic heterocycles. The van der Waals surface area contributed by atoms with E-state index >= 15 is 0 Å². The molecule has 0 atom stereocenters. The molecule has 0 spiro atoms. The lowest BCUT2D eigenvalue weighted by Crippen LogP contribution is -2.07. The Hall–Kier alpha value is -3.48. The fraction of sp³-hybridized carbons (Fsp3) is 0. The lowest BCUT2D eigenvalue weighted by Gasteiger charge is -2.01. The summed E-state index contributed by atoms with van der Waals surface area (Å²) < 4.78 is 5.45. The van der Waals surface area contributed by atoms with Crippen LogP contribution in [-0.2, 0) is 4.79 Å². The molecule has 7 nitrogen and oxygen atoms in total.